The minimum absolute atomic E-state index is 0.0942. The van der Waals surface area contributed by atoms with Gasteiger partial charge >= 0.3 is 0 Å². The molecule has 3 nitrogen and oxygen atoms in total. The van der Waals surface area contributed by atoms with E-state index in [1.165, 1.54) is 19.2 Å². The van der Waals surface area contributed by atoms with E-state index in [4.69, 9.17) is 4.74 Å². The molecule has 1 rings (SSSR count). The first-order chi connectivity index (χ1) is 8.02. The molecule has 1 amide bonds. The first kappa shape index (κ1) is 13.5. The molecule has 94 valence electrons. The lowest BCUT2D eigenvalue weighted by Gasteiger charge is -2.08. The van der Waals surface area contributed by atoms with E-state index in [-0.39, 0.29) is 18.1 Å². The molecule has 0 heterocycles. The van der Waals surface area contributed by atoms with Gasteiger partial charge in [-0.25, -0.2) is 4.39 Å². The number of nitrogens with one attached hydrogen (secondary N) is 1. The Hall–Kier alpha value is -1.58. The van der Waals surface area contributed by atoms with Gasteiger partial charge in [0.05, 0.1) is 13.5 Å². The third kappa shape index (κ3) is 4.43. The van der Waals surface area contributed by atoms with Crippen molar-refractivity contribution >= 4 is 5.91 Å². The molecule has 0 spiro atoms. The topological polar surface area (TPSA) is 38.3 Å². The van der Waals surface area contributed by atoms with Crippen LogP contribution in [-0.2, 0) is 11.2 Å². The molecule has 0 aliphatic heterocycles. The van der Waals surface area contributed by atoms with Crippen LogP contribution in [0.5, 0.6) is 5.75 Å². The van der Waals surface area contributed by atoms with E-state index in [0.717, 1.165) is 0 Å². The van der Waals surface area contributed by atoms with Crippen molar-refractivity contribution in [2.75, 3.05) is 13.7 Å². The Kier molecular flexibility index (Phi) is 4.94. The summed E-state index contributed by atoms with van der Waals surface area (Å²) in [6.07, 6.45) is 0.188. The van der Waals surface area contributed by atoms with Gasteiger partial charge in [-0.15, -0.1) is 0 Å². The zero-order valence-electron chi connectivity index (χ0n) is 10.4. The number of carbonyl (C=O) groups is 1. The minimum Gasteiger partial charge on any atom is -0.494 e. The second-order valence-corrected chi connectivity index (χ2v) is 4.34. The smallest absolute Gasteiger partial charge is 0.224 e. The first-order valence-corrected chi connectivity index (χ1v) is 5.62. The largest absolute Gasteiger partial charge is 0.494 e. The number of amides is 1. The van der Waals surface area contributed by atoms with Crippen LogP contribution in [0.2, 0.25) is 0 Å². The van der Waals surface area contributed by atoms with Crippen molar-refractivity contribution in [1.82, 2.24) is 5.32 Å². The van der Waals surface area contributed by atoms with Crippen LogP contribution >= 0.6 is 0 Å². The number of carbonyl (C=O) groups excluding carboxylic acids is 1. The van der Waals surface area contributed by atoms with Crippen LogP contribution in [0.4, 0.5) is 4.39 Å². The Bertz CT molecular complexity index is 391. The highest BCUT2D eigenvalue weighted by Gasteiger charge is 2.07. The summed E-state index contributed by atoms with van der Waals surface area (Å²) in [5.41, 5.74) is 0.643. The molecule has 0 saturated heterocycles. The molecule has 0 bridgehead atoms. The van der Waals surface area contributed by atoms with Crippen LogP contribution in [0, 0.1) is 11.7 Å². The van der Waals surface area contributed by atoms with Gasteiger partial charge in [0.25, 0.3) is 0 Å². The molecular formula is C13H18FNO2. The Morgan fingerprint density at radius 2 is 2.18 bits per heavy atom. The zero-order valence-corrected chi connectivity index (χ0v) is 10.4. The number of halogens is 1. The molecule has 4 heteroatoms. The van der Waals surface area contributed by atoms with Crippen molar-refractivity contribution in [3.63, 3.8) is 0 Å². The Balaban J connectivity index is 2.57. The molecule has 0 fully saturated rings. The number of ether oxygens (including phenoxy) is 1. The van der Waals surface area contributed by atoms with Crippen molar-refractivity contribution in [3.8, 4) is 5.75 Å². The summed E-state index contributed by atoms with van der Waals surface area (Å²) in [7, 11) is 1.41. The van der Waals surface area contributed by atoms with Crippen molar-refractivity contribution in [2.45, 2.75) is 20.3 Å². The van der Waals surface area contributed by atoms with Gasteiger partial charge in [-0.05, 0) is 23.6 Å². The normalized spacial score (nSPS) is 10.4. The van der Waals surface area contributed by atoms with Gasteiger partial charge in [0.15, 0.2) is 11.6 Å². The second kappa shape index (κ2) is 6.23. The third-order valence-electron chi connectivity index (χ3n) is 2.29. The number of rotatable bonds is 5. The van der Waals surface area contributed by atoms with Gasteiger partial charge in [0.2, 0.25) is 5.91 Å². The monoisotopic (exact) mass is 239 g/mol. The zero-order chi connectivity index (χ0) is 12.8. The lowest BCUT2D eigenvalue weighted by Crippen LogP contribution is -2.28. The molecular weight excluding hydrogens is 221 g/mol. The maximum Gasteiger partial charge on any atom is 0.224 e. The minimum atomic E-state index is -0.443. The molecule has 0 aliphatic rings. The summed E-state index contributed by atoms with van der Waals surface area (Å²) < 4.78 is 18.2. The summed E-state index contributed by atoms with van der Waals surface area (Å²) in [6.45, 7) is 4.68. The Morgan fingerprint density at radius 3 is 2.71 bits per heavy atom. The molecule has 1 aromatic rings. The average Bonchev–Trinajstić information content (AvgIpc) is 2.26. The highest BCUT2D eigenvalue weighted by Crippen LogP contribution is 2.17. The fourth-order valence-corrected chi connectivity index (χ4v) is 1.39. The maximum absolute atomic E-state index is 13.4. The lowest BCUT2D eigenvalue weighted by molar-refractivity contribution is -0.120. The number of benzene rings is 1. The Morgan fingerprint density at radius 1 is 1.47 bits per heavy atom. The molecule has 0 unspecified atom stereocenters. The van der Waals surface area contributed by atoms with Crippen LogP contribution in [-0.4, -0.2) is 19.6 Å². The SMILES string of the molecule is COc1ccc(CC(=O)NCC(C)C)cc1F. The van der Waals surface area contributed by atoms with Crippen LogP contribution in [0.15, 0.2) is 18.2 Å². The molecule has 0 atom stereocenters. The summed E-state index contributed by atoms with van der Waals surface area (Å²) in [5, 5.41) is 2.79. The predicted octanol–water partition coefficient (Wildman–Crippen LogP) is 2.15. The molecule has 0 aliphatic carbocycles. The second-order valence-electron chi connectivity index (χ2n) is 4.34. The molecule has 1 aromatic carbocycles. The number of hydrogen-bond donors (Lipinski definition) is 1. The molecule has 0 radical (unpaired) electrons. The summed E-state index contributed by atoms with van der Waals surface area (Å²) in [6, 6.07) is 4.55. The summed E-state index contributed by atoms with van der Waals surface area (Å²) in [5.74, 6) is 0.0628. The Labute approximate surface area is 101 Å². The van der Waals surface area contributed by atoms with Crippen molar-refractivity contribution in [2.24, 2.45) is 5.92 Å². The van der Waals surface area contributed by atoms with E-state index in [1.54, 1.807) is 6.07 Å². The fraction of sp³-hybridized carbons (Fsp3) is 0.462. The van der Waals surface area contributed by atoms with Gasteiger partial charge in [-0.3, -0.25) is 4.79 Å². The van der Waals surface area contributed by atoms with Gasteiger partial charge in [0.1, 0.15) is 0 Å². The first-order valence-electron chi connectivity index (χ1n) is 5.62. The van der Waals surface area contributed by atoms with Gasteiger partial charge < -0.3 is 10.1 Å². The van der Waals surface area contributed by atoms with E-state index >= 15 is 0 Å². The van der Waals surface area contributed by atoms with E-state index in [1.807, 2.05) is 13.8 Å². The fourth-order valence-electron chi connectivity index (χ4n) is 1.39. The third-order valence-corrected chi connectivity index (χ3v) is 2.29. The number of hydrogen-bond acceptors (Lipinski definition) is 2. The van der Waals surface area contributed by atoms with Crippen molar-refractivity contribution in [1.29, 1.82) is 0 Å². The van der Waals surface area contributed by atoms with E-state index in [2.05, 4.69) is 5.32 Å². The molecule has 0 aromatic heterocycles. The highest BCUT2D eigenvalue weighted by atomic mass is 19.1. The maximum atomic E-state index is 13.4. The average molecular weight is 239 g/mol. The molecule has 0 saturated carbocycles. The highest BCUT2D eigenvalue weighted by molar-refractivity contribution is 5.78. The van der Waals surface area contributed by atoms with Gasteiger partial charge in [-0.2, -0.15) is 0 Å². The van der Waals surface area contributed by atoms with E-state index in [0.29, 0.717) is 18.0 Å². The predicted molar refractivity (Wildman–Crippen MR) is 64.5 cm³/mol. The van der Waals surface area contributed by atoms with Crippen LogP contribution in [0.1, 0.15) is 19.4 Å². The summed E-state index contributed by atoms with van der Waals surface area (Å²) in [4.78, 5) is 11.5. The van der Waals surface area contributed by atoms with Crippen LogP contribution < -0.4 is 10.1 Å². The standard InChI is InChI=1S/C13H18FNO2/c1-9(2)8-15-13(16)7-10-4-5-12(17-3)11(14)6-10/h4-6,9H,7-8H2,1-3H3,(H,15,16). The van der Waals surface area contributed by atoms with E-state index in [9.17, 15) is 9.18 Å². The van der Waals surface area contributed by atoms with Gasteiger partial charge in [-0.1, -0.05) is 19.9 Å². The summed E-state index contributed by atoms with van der Waals surface area (Å²) >= 11 is 0. The number of methoxy groups -OCH3 is 1. The molecule has 17 heavy (non-hydrogen) atoms. The van der Waals surface area contributed by atoms with Crippen LogP contribution in [0.25, 0.3) is 0 Å². The van der Waals surface area contributed by atoms with E-state index < -0.39 is 5.82 Å². The van der Waals surface area contributed by atoms with Crippen molar-refractivity contribution in [3.05, 3.63) is 29.6 Å². The van der Waals surface area contributed by atoms with Crippen LogP contribution in [0.3, 0.4) is 0 Å². The van der Waals surface area contributed by atoms with Crippen molar-refractivity contribution < 1.29 is 13.9 Å². The lowest BCUT2D eigenvalue weighted by atomic mass is 10.1. The quantitative estimate of drug-likeness (QED) is 0.855. The van der Waals surface area contributed by atoms with Gasteiger partial charge in [0, 0.05) is 6.54 Å². The molecule has 1 N–H and O–H groups in total.